The first-order valence-corrected chi connectivity index (χ1v) is 15.3. The van der Waals surface area contributed by atoms with Crippen molar-refractivity contribution in [1.82, 2.24) is 5.43 Å². The molecular formula is C33H26ClF3N4O4S. The topological polar surface area (TPSA) is 111 Å². The van der Waals surface area contributed by atoms with Crippen molar-refractivity contribution in [2.75, 3.05) is 22.5 Å². The van der Waals surface area contributed by atoms with Crippen LogP contribution in [0.15, 0.2) is 101 Å². The second-order valence-electron chi connectivity index (χ2n) is 10.2. The number of hydrazone groups is 1. The molecule has 0 unspecified atom stereocenters. The van der Waals surface area contributed by atoms with Gasteiger partial charge in [0.1, 0.15) is 0 Å². The average Bonchev–Trinajstić information content (AvgIpc) is 3.29. The summed E-state index contributed by atoms with van der Waals surface area (Å²) in [6, 6.07) is 23.5. The number of benzene rings is 4. The molecule has 0 saturated heterocycles. The Bertz CT molecular complexity index is 1800. The molecule has 4 aromatic carbocycles. The van der Waals surface area contributed by atoms with Crippen molar-refractivity contribution in [1.29, 1.82) is 0 Å². The fourth-order valence-electron chi connectivity index (χ4n) is 4.75. The molecule has 236 valence electrons. The molecule has 0 atom stereocenters. The van der Waals surface area contributed by atoms with Gasteiger partial charge < -0.3 is 15.3 Å². The van der Waals surface area contributed by atoms with E-state index in [2.05, 4.69) is 15.8 Å². The molecule has 0 saturated carbocycles. The second kappa shape index (κ2) is 14.1. The summed E-state index contributed by atoms with van der Waals surface area (Å²) >= 11 is 7.50. The number of amides is 3. The number of hydrogen-bond donors (Lipinski definition) is 3. The maximum atomic E-state index is 13.6. The second-order valence-corrected chi connectivity index (χ2v) is 11.8. The monoisotopic (exact) mass is 666 g/mol. The summed E-state index contributed by atoms with van der Waals surface area (Å²) in [5.74, 6) is -0.726. The largest absolute Gasteiger partial charge is 0.478 e. The Balaban J connectivity index is 1.32. The standard InChI is InChI=1S/C33H26ClF3N4O4S/c34-26-18-23(33(35,36)37)10-12-27(26)38-32(45)40-39-29-25-19-24(46-17-15-21-6-8-22(9-7-21)31(43)44)11-13-28(25)41(30(29)42)16-14-20-4-2-1-3-5-20/h1-13,18-19H,14-17H2,(H,43,44)(H2,38,40,45)/b39-29+. The number of anilines is 2. The smallest absolute Gasteiger partial charge is 0.416 e. The van der Waals surface area contributed by atoms with Crippen LogP contribution in [0.5, 0.6) is 0 Å². The molecule has 46 heavy (non-hydrogen) atoms. The van der Waals surface area contributed by atoms with Gasteiger partial charge in [0.05, 0.1) is 27.5 Å². The molecule has 0 radical (unpaired) electrons. The lowest BCUT2D eigenvalue weighted by molar-refractivity contribution is -0.137. The highest BCUT2D eigenvalue weighted by molar-refractivity contribution is 7.99. The van der Waals surface area contributed by atoms with Gasteiger partial charge in [0.15, 0.2) is 5.71 Å². The number of halogens is 4. The number of urea groups is 1. The zero-order valence-corrected chi connectivity index (χ0v) is 25.5. The quantitative estimate of drug-likeness (QED) is 0.120. The number of aryl methyl sites for hydroxylation is 1. The van der Waals surface area contributed by atoms with E-state index in [-0.39, 0.29) is 22.0 Å². The lowest BCUT2D eigenvalue weighted by atomic mass is 10.1. The van der Waals surface area contributed by atoms with E-state index in [1.807, 2.05) is 48.5 Å². The Morgan fingerprint density at radius 3 is 2.30 bits per heavy atom. The summed E-state index contributed by atoms with van der Waals surface area (Å²) in [6.45, 7) is 0.362. The first kappa shape index (κ1) is 32.6. The molecule has 3 amide bonds. The summed E-state index contributed by atoms with van der Waals surface area (Å²) in [7, 11) is 0. The van der Waals surface area contributed by atoms with E-state index in [1.54, 1.807) is 40.9 Å². The van der Waals surface area contributed by atoms with Crippen molar-refractivity contribution >= 4 is 58.4 Å². The minimum atomic E-state index is -4.59. The number of hydrogen-bond acceptors (Lipinski definition) is 5. The van der Waals surface area contributed by atoms with Crippen LogP contribution in [0, 0.1) is 0 Å². The Labute approximate surface area is 271 Å². The van der Waals surface area contributed by atoms with Gasteiger partial charge in [0, 0.05) is 22.8 Å². The molecule has 3 N–H and O–H groups in total. The van der Waals surface area contributed by atoms with E-state index >= 15 is 0 Å². The summed E-state index contributed by atoms with van der Waals surface area (Å²) in [5.41, 5.74) is 4.62. The molecule has 0 aliphatic carbocycles. The third-order valence-electron chi connectivity index (χ3n) is 7.10. The van der Waals surface area contributed by atoms with Crippen LogP contribution < -0.4 is 15.6 Å². The Morgan fingerprint density at radius 2 is 1.63 bits per heavy atom. The molecule has 4 aromatic rings. The van der Waals surface area contributed by atoms with Crippen molar-refractivity contribution in [3.8, 4) is 0 Å². The zero-order valence-electron chi connectivity index (χ0n) is 24.0. The van der Waals surface area contributed by atoms with Gasteiger partial charge in [-0.15, -0.1) is 11.8 Å². The summed E-state index contributed by atoms with van der Waals surface area (Å²) in [4.78, 5) is 39.8. The summed E-state index contributed by atoms with van der Waals surface area (Å²) < 4.78 is 38.9. The fraction of sp³-hybridized carbons (Fsp3) is 0.152. The van der Waals surface area contributed by atoms with Gasteiger partial charge in [0.25, 0.3) is 5.91 Å². The maximum absolute atomic E-state index is 13.6. The molecule has 13 heteroatoms. The highest BCUT2D eigenvalue weighted by Crippen LogP contribution is 2.35. The highest BCUT2D eigenvalue weighted by atomic mass is 35.5. The fourth-order valence-corrected chi connectivity index (χ4v) is 5.92. The molecule has 0 bridgehead atoms. The van der Waals surface area contributed by atoms with E-state index in [0.717, 1.165) is 28.2 Å². The number of carbonyl (C=O) groups is 3. The first-order valence-electron chi connectivity index (χ1n) is 14.0. The van der Waals surface area contributed by atoms with Crippen LogP contribution in [0.25, 0.3) is 0 Å². The minimum Gasteiger partial charge on any atom is -0.478 e. The van der Waals surface area contributed by atoms with E-state index < -0.39 is 29.6 Å². The van der Waals surface area contributed by atoms with Crippen LogP contribution in [0.3, 0.4) is 0 Å². The van der Waals surface area contributed by atoms with Gasteiger partial charge in [-0.25, -0.2) is 15.0 Å². The molecule has 5 rings (SSSR count). The normalized spacial score (nSPS) is 13.5. The molecule has 1 aliphatic rings. The predicted molar refractivity (Wildman–Crippen MR) is 172 cm³/mol. The first-order chi connectivity index (χ1) is 22.0. The van der Waals surface area contributed by atoms with E-state index in [0.29, 0.717) is 42.5 Å². The number of nitrogens with zero attached hydrogens (tertiary/aromatic N) is 2. The number of thioether (sulfide) groups is 1. The van der Waals surface area contributed by atoms with Gasteiger partial charge in [0.2, 0.25) is 0 Å². The van der Waals surface area contributed by atoms with Crippen molar-refractivity contribution in [3.05, 3.63) is 124 Å². The van der Waals surface area contributed by atoms with Crippen molar-refractivity contribution in [2.45, 2.75) is 23.9 Å². The summed E-state index contributed by atoms with van der Waals surface area (Å²) in [6.07, 6.45) is -3.33. The van der Waals surface area contributed by atoms with Gasteiger partial charge in [-0.2, -0.15) is 18.3 Å². The van der Waals surface area contributed by atoms with Crippen LogP contribution in [-0.4, -0.2) is 41.0 Å². The Morgan fingerprint density at radius 1 is 0.913 bits per heavy atom. The predicted octanol–water partition coefficient (Wildman–Crippen LogP) is 7.51. The number of nitrogens with one attached hydrogen (secondary N) is 2. The molecule has 1 aliphatic heterocycles. The third kappa shape index (κ3) is 7.88. The number of alkyl halides is 3. The third-order valence-corrected chi connectivity index (χ3v) is 8.41. The van der Waals surface area contributed by atoms with E-state index in [9.17, 15) is 27.6 Å². The van der Waals surface area contributed by atoms with Crippen LogP contribution >= 0.6 is 23.4 Å². The van der Waals surface area contributed by atoms with Crippen molar-refractivity contribution in [3.63, 3.8) is 0 Å². The van der Waals surface area contributed by atoms with Crippen LogP contribution in [0.4, 0.5) is 29.3 Å². The number of carboxylic acids is 1. The summed E-state index contributed by atoms with van der Waals surface area (Å²) in [5, 5.41) is 15.3. The molecule has 1 heterocycles. The van der Waals surface area contributed by atoms with Crippen LogP contribution in [0.1, 0.15) is 32.6 Å². The Hall–Kier alpha value is -4.81. The van der Waals surface area contributed by atoms with Crippen LogP contribution in [0.2, 0.25) is 5.02 Å². The number of rotatable bonds is 10. The SMILES string of the molecule is O=C(N/N=C1/C(=O)N(CCc2ccccc2)c2ccc(SCCc3ccc(C(=O)O)cc3)cc21)Nc1ccc(C(F)(F)F)cc1Cl. The minimum absolute atomic E-state index is 0.00318. The molecule has 8 nitrogen and oxygen atoms in total. The lowest BCUT2D eigenvalue weighted by Gasteiger charge is -2.17. The number of aromatic carboxylic acids is 1. The van der Waals surface area contributed by atoms with E-state index in [1.165, 1.54) is 0 Å². The zero-order chi connectivity index (χ0) is 32.8. The van der Waals surface area contributed by atoms with E-state index in [4.69, 9.17) is 16.7 Å². The number of carbonyl (C=O) groups excluding carboxylic acids is 2. The Kier molecular flexibility index (Phi) is 9.98. The van der Waals surface area contributed by atoms with Gasteiger partial charge in [-0.05, 0) is 72.5 Å². The van der Waals surface area contributed by atoms with Crippen LogP contribution in [-0.2, 0) is 23.8 Å². The number of fused-ring (bicyclic) bond motifs is 1. The lowest BCUT2D eigenvalue weighted by Crippen LogP contribution is -2.34. The van der Waals surface area contributed by atoms with Gasteiger partial charge >= 0.3 is 18.2 Å². The molecule has 0 spiro atoms. The highest BCUT2D eigenvalue weighted by Gasteiger charge is 2.35. The molecule has 0 fully saturated rings. The van der Waals surface area contributed by atoms with Gasteiger partial charge in [-0.3, -0.25) is 4.79 Å². The van der Waals surface area contributed by atoms with Crippen molar-refractivity contribution in [2.24, 2.45) is 5.10 Å². The average molecular weight is 667 g/mol. The van der Waals surface area contributed by atoms with Crippen molar-refractivity contribution < 1.29 is 32.7 Å². The maximum Gasteiger partial charge on any atom is 0.416 e. The molecular weight excluding hydrogens is 641 g/mol. The number of carboxylic acid groups (broad SMARTS) is 1. The molecule has 0 aromatic heterocycles. The van der Waals surface area contributed by atoms with Gasteiger partial charge in [-0.1, -0.05) is 54.1 Å².